The van der Waals surface area contributed by atoms with Gasteiger partial charge in [-0.05, 0) is 99.2 Å². The Morgan fingerprint density at radius 1 is 0.500 bits per heavy atom. The van der Waals surface area contributed by atoms with Gasteiger partial charge in [-0.2, -0.15) is 0 Å². The molecular weight excluding hydrogens is 388 g/mol. The molecule has 2 fully saturated rings. The summed E-state index contributed by atoms with van der Waals surface area (Å²) in [5.74, 6) is 13.2. The van der Waals surface area contributed by atoms with Crippen LogP contribution in [0.15, 0.2) is 72.0 Å². The normalized spacial score (nSPS) is 17.8. The predicted molar refractivity (Wildman–Crippen MR) is 133 cm³/mol. The Hall–Kier alpha value is -3.36. The lowest BCUT2D eigenvalue weighted by molar-refractivity contribution is 0.407. The molecule has 2 aromatic carbocycles. The van der Waals surface area contributed by atoms with Crippen LogP contribution in [0.1, 0.15) is 55.2 Å². The molecule has 160 valence electrons. The number of anilines is 1. The van der Waals surface area contributed by atoms with E-state index in [1.165, 1.54) is 68.8 Å². The highest BCUT2D eigenvalue weighted by molar-refractivity contribution is 5.53. The second-order valence-corrected chi connectivity index (χ2v) is 8.86. The van der Waals surface area contributed by atoms with Gasteiger partial charge in [-0.15, -0.1) is 0 Å². The van der Waals surface area contributed by atoms with Crippen molar-refractivity contribution in [1.82, 2.24) is 4.90 Å². The first-order valence-electron chi connectivity index (χ1n) is 12.0. The van der Waals surface area contributed by atoms with E-state index in [9.17, 15) is 0 Å². The van der Waals surface area contributed by atoms with Gasteiger partial charge in [0.25, 0.3) is 0 Å². The second kappa shape index (κ2) is 9.84. The fourth-order valence-electron chi connectivity index (χ4n) is 4.66. The van der Waals surface area contributed by atoms with Crippen molar-refractivity contribution in [2.45, 2.75) is 38.5 Å². The average Bonchev–Trinajstić information content (AvgIpc) is 3.58. The summed E-state index contributed by atoms with van der Waals surface area (Å²) in [6, 6.07) is 16.9. The van der Waals surface area contributed by atoms with Crippen LogP contribution in [0.5, 0.6) is 0 Å². The third kappa shape index (κ3) is 5.09. The molecule has 1 aliphatic carbocycles. The van der Waals surface area contributed by atoms with Gasteiger partial charge in [-0.3, -0.25) is 0 Å². The largest absolute Gasteiger partial charge is 0.375 e. The molecular formula is C30H30N2. The molecule has 0 unspecified atom stereocenters. The molecule has 0 aromatic heterocycles. The summed E-state index contributed by atoms with van der Waals surface area (Å²) >= 11 is 0. The van der Waals surface area contributed by atoms with Crippen LogP contribution in [0.25, 0.3) is 0 Å². The summed E-state index contributed by atoms with van der Waals surface area (Å²) in [5.41, 5.74) is 7.15. The van der Waals surface area contributed by atoms with Gasteiger partial charge in [0.15, 0.2) is 0 Å². The first-order valence-corrected chi connectivity index (χ1v) is 12.0. The minimum atomic E-state index is 1.02. The number of hydrogen-bond donors (Lipinski definition) is 0. The van der Waals surface area contributed by atoms with E-state index in [1.54, 1.807) is 0 Å². The number of hydrogen-bond acceptors (Lipinski definition) is 2. The quantitative estimate of drug-likeness (QED) is 0.574. The third-order valence-corrected chi connectivity index (χ3v) is 6.58. The maximum atomic E-state index is 3.36. The summed E-state index contributed by atoms with van der Waals surface area (Å²) < 4.78 is 0. The van der Waals surface area contributed by atoms with E-state index >= 15 is 0 Å². The number of likely N-dealkylation sites (tertiary alicyclic amines) is 1. The zero-order valence-corrected chi connectivity index (χ0v) is 18.7. The highest BCUT2D eigenvalue weighted by Crippen LogP contribution is 2.24. The van der Waals surface area contributed by atoms with Gasteiger partial charge in [-0.1, -0.05) is 23.7 Å². The Morgan fingerprint density at radius 2 is 1.00 bits per heavy atom. The van der Waals surface area contributed by atoms with Crippen LogP contribution in [0.3, 0.4) is 0 Å². The first kappa shape index (κ1) is 20.5. The van der Waals surface area contributed by atoms with Crippen LogP contribution < -0.4 is 4.90 Å². The molecule has 3 aliphatic rings. The minimum Gasteiger partial charge on any atom is -0.375 e. The Bertz CT molecular complexity index is 1120. The minimum absolute atomic E-state index is 1.02. The van der Waals surface area contributed by atoms with Gasteiger partial charge >= 0.3 is 0 Å². The van der Waals surface area contributed by atoms with Gasteiger partial charge in [0, 0.05) is 59.8 Å². The molecule has 2 nitrogen and oxygen atoms in total. The van der Waals surface area contributed by atoms with Crippen molar-refractivity contribution in [3.8, 4) is 23.7 Å². The maximum Gasteiger partial charge on any atom is 0.0367 e. The van der Waals surface area contributed by atoms with Crippen LogP contribution in [-0.4, -0.2) is 31.1 Å². The number of benzene rings is 2. The van der Waals surface area contributed by atoms with Crippen molar-refractivity contribution >= 4 is 5.69 Å². The lowest BCUT2D eigenvalue weighted by atomic mass is 10.0. The molecule has 0 bridgehead atoms. The summed E-state index contributed by atoms with van der Waals surface area (Å²) in [5, 5.41) is 0. The molecule has 0 amide bonds. The van der Waals surface area contributed by atoms with Crippen molar-refractivity contribution < 1.29 is 0 Å². The van der Waals surface area contributed by atoms with E-state index in [1.807, 2.05) is 0 Å². The van der Waals surface area contributed by atoms with Crippen LogP contribution in [0.2, 0.25) is 0 Å². The van der Waals surface area contributed by atoms with Crippen LogP contribution in [-0.2, 0) is 0 Å². The van der Waals surface area contributed by atoms with Crippen molar-refractivity contribution in [2.24, 2.45) is 0 Å². The molecule has 5 rings (SSSR count). The van der Waals surface area contributed by atoms with E-state index in [2.05, 4.69) is 94.2 Å². The van der Waals surface area contributed by atoms with Crippen LogP contribution in [0, 0.1) is 23.7 Å². The van der Waals surface area contributed by atoms with Gasteiger partial charge in [0.05, 0.1) is 0 Å². The number of allylic oxidation sites excluding steroid dienone is 4. The highest BCUT2D eigenvalue weighted by Gasteiger charge is 2.16. The first-order chi connectivity index (χ1) is 15.8. The van der Waals surface area contributed by atoms with Gasteiger partial charge in [0.1, 0.15) is 0 Å². The smallest absolute Gasteiger partial charge is 0.0367 e. The molecule has 2 aliphatic heterocycles. The van der Waals surface area contributed by atoms with E-state index in [-0.39, 0.29) is 0 Å². The standard InChI is InChI=1S/C30H30N2/c1-2-22-31(21-1)29-17-13-27(14-18-29)11-9-25-5-7-26(8-6-25)10-12-28-15-19-30(20-16-28)32-23-3-4-24-32/h5-8,13-15,17-19H,1-4,16,20-24H2. The molecule has 2 heterocycles. The summed E-state index contributed by atoms with van der Waals surface area (Å²) in [7, 11) is 0. The SMILES string of the molecule is C(#Cc1ccc(C#Cc2ccc(N3CCCC3)cc2)cc1)C1=CC=C(N2CCCC2)CC1. The molecule has 0 N–H and O–H groups in total. The molecule has 0 atom stereocenters. The van der Waals surface area contributed by atoms with E-state index < -0.39 is 0 Å². The summed E-state index contributed by atoms with van der Waals surface area (Å²) in [6.07, 6.45) is 11.9. The monoisotopic (exact) mass is 418 g/mol. The zero-order chi connectivity index (χ0) is 21.6. The Kier molecular flexibility index (Phi) is 6.32. The molecule has 0 saturated carbocycles. The lowest BCUT2D eigenvalue weighted by Crippen LogP contribution is -2.19. The summed E-state index contributed by atoms with van der Waals surface area (Å²) in [6.45, 7) is 4.79. The Morgan fingerprint density at radius 3 is 1.53 bits per heavy atom. The van der Waals surface area contributed by atoms with Crippen molar-refractivity contribution in [1.29, 1.82) is 0 Å². The van der Waals surface area contributed by atoms with E-state index in [4.69, 9.17) is 0 Å². The molecule has 0 radical (unpaired) electrons. The van der Waals surface area contributed by atoms with Gasteiger partial charge in [-0.25, -0.2) is 0 Å². The Balaban J connectivity index is 1.19. The molecule has 32 heavy (non-hydrogen) atoms. The maximum absolute atomic E-state index is 3.36. The fourth-order valence-corrected chi connectivity index (χ4v) is 4.66. The number of nitrogens with zero attached hydrogens (tertiary/aromatic N) is 2. The molecule has 2 heteroatoms. The fraction of sp³-hybridized carbons (Fsp3) is 0.333. The topological polar surface area (TPSA) is 6.48 Å². The van der Waals surface area contributed by atoms with Gasteiger partial charge < -0.3 is 9.80 Å². The highest BCUT2D eigenvalue weighted by atomic mass is 15.1. The average molecular weight is 419 g/mol. The Labute approximate surface area is 192 Å². The van der Waals surface area contributed by atoms with Crippen molar-refractivity contribution in [3.63, 3.8) is 0 Å². The van der Waals surface area contributed by atoms with E-state index in [0.29, 0.717) is 0 Å². The number of rotatable bonds is 2. The summed E-state index contributed by atoms with van der Waals surface area (Å²) in [4.78, 5) is 4.98. The predicted octanol–water partition coefficient (Wildman–Crippen LogP) is 5.74. The second-order valence-electron chi connectivity index (χ2n) is 8.86. The van der Waals surface area contributed by atoms with Crippen LogP contribution in [0.4, 0.5) is 5.69 Å². The van der Waals surface area contributed by atoms with Crippen molar-refractivity contribution in [3.05, 3.63) is 88.6 Å². The van der Waals surface area contributed by atoms with Gasteiger partial charge in [0.2, 0.25) is 0 Å². The third-order valence-electron chi connectivity index (χ3n) is 6.58. The van der Waals surface area contributed by atoms with Crippen LogP contribution >= 0.6 is 0 Å². The van der Waals surface area contributed by atoms with Crippen molar-refractivity contribution in [2.75, 3.05) is 31.1 Å². The lowest BCUT2D eigenvalue weighted by Gasteiger charge is -2.23. The zero-order valence-electron chi connectivity index (χ0n) is 18.7. The molecule has 2 saturated heterocycles. The molecule has 0 spiro atoms. The van der Waals surface area contributed by atoms with E-state index in [0.717, 1.165) is 29.5 Å². The molecule has 2 aromatic rings.